The number of sulfonamides is 1. The topological polar surface area (TPSA) is 83.6 Å². The van der Waals surface area contributed by atoms with Crippen molar-refractivity contribution in [2.24, 2.45) is 0 Å². The quantitative estimate of drug-likeness (QED) is 0.786. The van der Waals surface area contributed by atoms with Crippen LogP contribution in [0.25, 0.3) is 0 Å². The van der Waals surface area contributed by atoms with Crippen molar-refractivity contribution in [1.29, 1.82) is 0 Å². The molecule has 1 aliphatic rings. The molecule has 3 N–H and O–H groups in total. The highest BCUT2D eigenvalue weighted by atomic mass is 79.9. The number of aliphatic hydroxyl groups is 1. The van der Waals surface area contributed by atoms with Crippen LogP contribution in [0.4, 0.5) is 10.1 Å². The molecule has 1 aliphatic heterocycles. The number of benzene rings is 1. The van der Waals surface area contributed by atoms with Gasteiger partial charge in [-0.05, 0) is 40.9 Å². The third-order valence-electron chi connectivity index (χ3n) is 3.67. The fourth-order valence-corrected chi connectivity index (χ4v) is 4.60. The highest BCUT2D eigenvalue weighted by Crippen LogP contribution is 2.30. The molecule has 1 fully saturated rings. The molecule has 0 radical (unpaired) electrons. The second-order valence-corrected chi connectivity index (χ2v) is 7.82. The van der Waals surface area contributed by atoms with Gasteiger partial charge < -0.3 is 10.8 Å². The minimum absolute atomic E-state index is 0.158. The number of aliphatic hydroxyl groups excluding tert-OH is 1. The highest BCUT2D eigenvalue weighted by molar-refractivity contribution is 9.10. The maximum absolute atomic E-state index is 14.1. The van der Waals surface area contributed by atoms with Crippen molar-refractivity contribution in [2.45, 2.75) is 36.6 Å². The van der Waals surface area contributed by atoms with Crippen LogP contribution in [-0.4, -0.2) is 37.0 Å². The van der Waals surface area contributed by atoms with Crippen LogP contribution in [-0.2, 0) is 10.0 Å². The zero-order chi connectivity index (χ0) is 15.6. The first-order chi connectivity index (χ1) is 9.87. The Kier molecular flexibility index (Phi) is 5.24. The van der Waals surface area contributed by atoms with E-state index >= 15 is 0 Å². The molecular weight excluding hydrogens is 363 g/mol. The molecule has 1 aromatic carbocycles. The molecule has 0 aromatic heterocycles. The first-order valence-corrected chi connectivity index (χ1v) is 8.98. The van der Waals surface area contributed by atoms with Gasteiger partial charge in [0.05, 0.1) is 6.61 Å². The fraction of sp³-hybridized carbons (Fsp3) is 0.538. The molecule has 118 valence electrons. The third-order valence-corrected chi connectivity index (χ3v) is 6.33. The summed E-state index contributed by atoms with van der Waals surface area (Å²) in [6, 6.07) is 1.66. The molecule has 5 nitrogen and oxygen atoms in total. The number of nitrogens with two attached hydrogens (primary N) is 1. The molecule has 0 saturated carbocycles. The van der Waals surface area contributed by atoms with Gasteiger partial charge in [0, 0.05) is 22.7 Å². The molecule has 1 atom stereocenters. The Balaban J connectivity index is 2.47. The van der Waals surface area contributed by atoms with E-state index in [-0.39, 0.29) is 18.8 Å². The van der Waals surface area contributed by atoms with E-state index in [1.165, 1.54) is 4.31 Å². The molecule has 21 heavy (non-hydrogen) atoms. The Morgan fingerprint density at radius 1 is 1.38 bits per heavy atom. The van der Waals surface area contributed by atoms with Gasteiger partial charge in [0.25, 0.3) is 0 Å². The average molecular weight is 381 g/mol. The van der Waals surface area contributed by atoms with Gasteiger partial charge in [-0.25, -0.2) is 12.8 Å². The maximum Gasteiger partial charge on any atom is 0.246 e. The highest BCUT2D eigenvalue weighted by Gasteiger charge is 2.34. The Morgan fingerprint density at radius 2 is 2.10 bits per heavy atom. The van der Waals surface area contributed by atoms with Crippen LogP contribution in [0.3, 0.4) is 0 Å². The minimum Gasteiger partial charge on any atom is -0.398 e. The summed E-state index contributed by atoms with van der Waals surface area (Å²) in [5.74, 6) is -0.850. The van der Waals surface area contributed by atoms with Gasteiger partial charge in [-0.1, -0.05) is 12.8 Å². The first kappa shape index (κ1) is 16.7. The molecule has 0 bridgehead atoms. The van der Waals surface area contributed by atoms with Crippen LogP contribution in [0, 0.1) is 5.82 Å². The van der Waals surface area contributed by atoms with E-state index in [9.17, 15) is 17.9 Å². The second kappa shape index (κ2) is 6.60. The molecule has 1 saturated heterocycles. The lowest BCUT2D eigenvalue weighted by Crippen LogP contribution is -2.42. The third kappa shape index (κ3) is 3.39. The molecule has 1 unspecified atom stereocenters. The lowest BCUT2D eigenvalue weighted by molar-refractivity contribution is 0.186. The molecule has 0 spiro atoms. The van der Waals surface area contributed by atoms with E-state index in [1.807, 2.05) is 0 Å². The van der Waals surface area contributed by atoms with Gasteiger partial charge in [0.2, 0.25) is 10.0 Å². The van der Waals surface area contributed by atoms with Crippen LogP contribution >= 0.6 is 15.9 Å². The lowest BCUT2D eigenvalue weighted by atomic mass is 10.1. The molecule has 1 aromatic rings. The Morgan fingerprint density at radius 3 is 2.76 bits per heavy atom. The van der Waals surface area contributed by atoms with Gasteiger partial charge in [0.1, 0.15) is 10.7 Å². The predicted molar refractivity (Wildman–Crippen MR) is 81.7 cm³/mol. The van der Waals surface area contributed by atoms with E-state index < -0.39 is 26.8 Å². The van der Waals surface area contributed by atoms with Crippen molar-refractivity contribution in [1.82, 2.24) is 4.31 Å². The van der Waals surface area contributed by atoms with Gasteiger partial charge >= 0.3 is 0 Å². The minimum atomic E-state index is -4.02. The molecular formula is C13H18BrFN2O3S. The standard InChI is InChI=1S/C13H18BrFN2O3S/c14-10-6-11(15)13(7-12(10)16)21(19,20)17-5-3-1-2-4-9(17)8-18/h6-7,9,18H,1-5,8,16H2. The predicted octanol–water partition coefficient (Wildman–Crippen LogP) is 2.10. The Bertz CT molecular complexity index is 624. The van der Waals surface area contributed by atoms with Crippen molar-refractivity contribution in [3.8, 4) is 0 Å². The summed E-state index contributed by atoms with van der Waals surface area (Å²) in [5, 5.41) is 9.43. The number of hydrogen-bond acceptors (Lipinski definition) is 4. The van der Waals surface area contributed by atoms with E-state index in [0.717, 1.165) is 25.0 Å². The molecule has 8 heteroatoms. The summed E-state index contributed by atoms with van der Waals surface area (Å²) in [7, 11) is -4.02. The Hall–Kier alpha value is -0.700. The summed E-state index contributed by atoms with van der Waals surface area (Å²) >= 11 is 3.07. The number of halogens is 2. The fourth-order valence-electron chi connectivity index (χ4n) is 2.52. The second-order valence-electron chi connectivity index (χ2n) is 5.11. The van der Waals surface area contributed by atoms with Crippen molar-refractivity contribution in [3.05, 3.63) is 22.4 Å². The van der Waals surface area contributed by atoms with Gasteiger partial charge in [-0.3, -0.25) is 0 Å². The zero-order valence-electron chi connectivity index (χ0n) is 11.4. The van der Waals surface area contributed by atoms with E-state index in [0.29, 0.717) is 17.3 Å². The van der Waals surface area contributed by atoms with Crippen LogP contribution in [0.5, 0.6) is 0 Å². The SMILES string of the molecule is Nc1cc(S(=O)(=O)N2CCCCCC2CO)c(F)cc1Br. The smallest absolute Gasteiger partial charge is 0.246 e. The van der Waals surface area contributed by atoms with Gasteiger partial charge in [0.15, 0.2) is 0 Å². The summed E-state index contributed by atoms with van der Waals surface area (Å²) in [6.07, 6.45) is 3.02. The number of rotatable bonds is 3. The largest absolute Gasteiger partial charge is 0.398 e. The first-order valence-electron chi connectivity index (χ1n) is 6.75. The van der Waals surface area contributed by atoms with Crippen LogP contribution in [0.1, 0.15) is 25.7 Å². The number of nitrogen functional groups attached to an aromatic ring is 1. The van der Waals surface area contributed by atoms with Crippen molar-refractivity contribution < 1.29 is 17.9 Å². The number of anilines is 1. The van der Waals surface area contributed by atoms with Crippen molar-refractivity contribution in [3.63, 3.8) is 0 Å². The van der Waals surface area contributed by atoms with Gasteiger partial charge in [-0.2, -0.15) is 4.31 Å². The normalized spacial score (nSPS) is 21.2. The lowest BCUT2D eigenvalue weighted by Gasteiger charge is -2.28. The van der Waals surface area contributed by atoms with Crippen LogP contribution in [0.15, 0.2) is 21.5 Å². The summed E-state index contributed by atoms with van der Waals surface area (Å²) in [4.78, 5) is -0.441. The Labute approximate surface area is 132 Å². The van der Waals surface area contributed by atoms with E-state index in [4.69, 9.17) is 5.73 Å². The zero-order valence-corrected chi connectivity index (χ0v) is 13.8. The van der Waals surface area contributed by atoms with Crippen LogP contribution < -0.4 is 5.73 Å². The maximum atomic E-state index is 14.1. The summed E-state index contributed by atoms with van der Waals surface area (Å²) in [5.41, 5.74) is 5.83. The molecule has 0 aliphatic carbocycles. The summed E-state index contributed by atoms with van der Waals surface area (Å²) in [6.45, 7) is 0.00975. The van der Waals surface area contributed by atoms with E-state index in [1.54, 1.807) is 0 Å². The van der Waals surface area contributed by atoms with Crippen LogP contribution in [0.2, 0.25) is 0 Å². The molecule has 0 amide bonds. The van der Waals surface area contributed by atoms with Gasteiger partial charge in [-0.15, -0.1) is 0 Å². The monoisotopic (exact) mass is 380 g/mol. The van der Waals surface area contributed by atoms with Crippen molar-refractivity contribution in [2.75, 3.05) is 18.9 Å². The average Bonchev–Trinajstić information content (AvgIpc) is 2.68. The number of hydrogen-bond donors (Lipinski definition) is 2. The summed E-state index contributed by atoms with van der Waals surface area (Å²) < 4.78 is 41.0. The van der Waals surface area contributed by atoms with Crippen molar-refractivity contribution >= 4 is 31.6 Å². The number of nitrogens with zero attached hydrogens (tertiary/aromatic N) is 1. The molecule has 2 rings (SSSR count). The van der Waals surface area contributed by atoms with E-state index in [2.05, 4.69) is 15.9 Å². The molecule has 1 heterocycles.